The summed E-state index contributed by atoms with van der Waals surface area (Å²) in [7, 11) is 1.98. The second kappa shape index (κ2) is 7.71. The van der Waals surface area contributed by atoms with E-state index in [-0.39, 0.29) is 5.82 Å². The highest BCUT2D eigenvalue weighted by Gasteiger charge is 2.11. The third kappa shape index (κ3) is 4.94. The van der Waals surface area contributed by atoms with E-state index >= 15 is 0 Å². The highest BCUT2D eigenvalue weighted by Crippen LogP contribution is 2.21. The third-order valence-electron chi connectivity index (χ3n) is 3.61. The lowest BCUT2D eigenvalue weighted by Gasteiger charge is -2.17. The molecule has 0 amide bonds. The molecule has 1 N–H and O–H groups in total. The number of aryl methyl sites for hydroxylation is 1. The molecule has 3 heteroatoms. The molecule has 1 atom stereocenters. The maximum atomic E-state index is 13.3. The van der Waals surface area contributed by atoms with Gasteiger partial charge in [0.25, 0.3) is 0 Å². The van der Waals surface area contributed by atoms with Gasteiger partial charge in [0, 0.05) is 0 Å². The van der Waals surface area contributed by atoms with E-state index in [0.717, 1.165) is 24.9 Å². The van der Waals surface area contributed by atoms with Crippen LogP contribution in [0.4, 0.5) is 4.39 Å². The summed E-state index contributed by atoms with van der Waals surface area (Å²) < 4.78 is 13.9. The SMILES string of the molecule is CNCC(Cc1cccc(C)c1)Cc1ccc(F)c(Br)c1. The zero-order chi connectivity index (χ0) is 15.2. The first-order chi connectivity index (χ1) is 10.1. The summed E-state index contributed by atoms with van der Waals surface area (Å²) in [6, 6.07) is 13.9. The first-order valence-corrected chi connectivity index (χ1v) is 8.02. The normalized spacial score (nSPS) is 12.4. The van der Waals surface area contributed by atoms with Crippen LogP contribution in [0.1, 0.15) is 16.7 Å². The van der Waals surface area contributed by atoms with Crippen molar-refractivity contribution < 1.29 is 4.39 Å². The van der Waals surface area contributed by atoms with Gasteiger partial charge in [-0.25, -0.2) is 4.39 Å². The van der Waals surface area contributed by atoms with Gasteiger partial charge in [0.15, 0.2) is 0 Å². The minimum Gasteiger partial charge on any atom is -0.319 e. The first-order valence-electron chi connectivity index (χ1n) is 7.22. The van der Waals surface area contributed by atoms with Gasteiger partial charge in [-0.15, -0.1) is 0 Å². The summed E-state index contributed by atoms with van der Waals surface area (Å²) in [5.41, 5.74) is 3.81. The van der Waals surface area contributed by atoms with Gasteiger partial charge in [0.1, 0.15) is 5.82 Å². The van der Waals surface area contributed by atoms with Gasteiger partial charge in [0.2, 0.25) is 0 Å². The van der Waals surface area contributed by atoms with Crippen molar-refractivity contribution in [3.05, 3.63) is 69.4 Å². The van der Waals surface area contributed by atoms with Crippen LogP contribution < -0.4 is 5.32 Å². The summed E-state index contributed by atoms with van der Waals surface area (Å²) in [5.74, 6) is 0.289. The monoisotopic (exact) mass is 349 g/mol. The third-order valence-corrected chi connectivity index (χ3v) is 4.22. The Morgan fingerprint density at radius 2 is 1.81 bits per heavy atom. The minimum absolute atomic E-state index is 0.206. The van der Waals surface area contributed by atoms with Crippen molar-refractivity contribution in [2.45, 2.75) is 19.8 Å². The zero-order valence-electron chi connectivity index (χ0n) is 12.5. The van der Waals surface area contributed by atoms with Gasteiger partial charge in [-0.1, -0.05) is 35.9 Å². The predicted octanol–water partition coefficient (Wildman–Crippen LogP) is 4.52. The molecule has 0 fully saturated rings. The Kier molecular flexibility index (Phi) is 5.95. The molecular formula is C18H21BrFN. The van der Waals surface area contributed by atoms with Crippen LogP contribution in [0.2, 0.25) is 0 Å². The number of halogens is 2. The van der Waals surface area contributed by atoms with E-state index in [9.17, 15) is 4.39 Å². The van der Waals surface area contributed by atoms with Crippen molar-refractivity contribution >= 4 is 15.9 Å². The van der Waals surface area contributed by atoms with Crippen LogP contribution in [-0.2, 0) is 12.8 Å². The molecule has 0 saturated carbocycles. The van der Waals surface area contributed by atoms with Crippen LogP contribution >= 0.6 is 15.9 Å². The zero-order valence-corrected chi connectivity index (χ0v) is 14.1. The molecule has 0 aliphatic rings. The lowest BCUT2D eigenvalue weighted by Crippen LogP contribution is -2.22. The number of benzene rings is 2. The summed E-state index contributed by atoms with van der Waals surface area (Å²) in [6.45, 7) is 3.07. The van der Waals surface area contributed by atoms with Crippen LogP contribution in [0.15, 0.2) is 46.9 Å². The second-order valence-electron chi connectivity index (χ2n) is 5.57. The van der Waals surface area contributed by atoms with E-state index in [2.05, 4.69) is 52.4 Å². The molecule has 0 heterocycles. The first kappa shape index (κ1) is 16.2. The molecule has 1 nitrogen and oxygen atoms in total. The van der Waals surface area contributed by atoms with Gasteiger partial charge in [-0.3, -0.25) is 0 Å². The predicted molar refractivity (Wildman–Crippen MR) is 90.1 cm³/mol. The second-order valence-corrected chi connectivity index (χ2v) is 6.42. The molecule has 112 valence electrons. The Labute approximate surface area is 134 Å². The van der Waals surface area contributed by atoms with E-state index in [1.807, 2.05) is 19.2 Å². The van der Waals surface area contributed by atoms with Crippen LogP contribution in [0.3, 0.4) is 0 Å². The van der Waals surface area contributed by atoms with Gasteiger partial charge in [-0.2, -0.15) is 0 Å². The molecule has 1 unspecified atom stereocenters. The molecule has 2 rings (SSSR count). The molecule has 0 aliphatic heterocycles. The maximum absolute atomic E-state index is 13.3. The molecule has 0 spiro atoms. The van der Waals surface area contributed by atoms with E-state index < -0.39 is 0 Å². The van der Waals surface area contributed by atoms with E-state index in [0.29, 0.717) is 10.4 Å². The van der Waals surface area contributed by atoms with Crippen LogP contribution in [0, 0.1) is 18.7 Å². The average Bonchev–Trinajstić information content (AvgIpc) is 2.43. The number of hydrogen-bond acceptors (Lipinski definition) is 1. The smallest absolute Gasteiger partial charge is 0.137 e. The molecule has 21 heavy (non-hydrogen) atoms. The molecule has 0 aromatic heterocycles. The van der Waals surface area contributed by atoms with E-state index in [1.165, 1.54) is 17.2 Å². The molecule has 0 saturated heterocycles. The Morgan fingerprint density at radius 1 is 1.10 bits per heavy atom. The largest absolute Gasteiger partial charge is 0.319 e. The topological polar surface area (TPSA) is 12.0 Å². The van der Waals surface area contributed by atoms with Crippen molar-refractivity contribution in [1.82, 2.24) is 5.32 Å². The highest BCUT2D eigenvalue weighted by atomic mass is 79.9. The standard InChI is InChI=1S/C18H21BrFN/c1-13-4-3-5-14(8-13)9-16(12-21-2)10-15-6-7-18(20)17(19)11-15/h3-8,11,16,21H,9-10,12H2,1-2H3. The molecule has 2 aromatic carbocycles. The Balaban J connectivity index is 2.09. The number of rotatable bonds is 6. The fraction of sp³-hybridized carbons (Fsp3) is 0.333. The molecule has 0 radical (unpaired) electrons. The fourth-order valence-electron chi connectivity index (χ4n) is 2.68. The Bertz CT molecular complexity index is 598. The summed E-state index contributed by atoms with van der Waals surface area (Å²) in [6.07, 6.45) is 1.96. The summed E-state index contributed by atoms with van der Waals surface area (Å²) >= 11 is 3.26. The molecule has 0 bridgehead atoms. The van der Waals surface area contributed by atoms with Crippen molar-refractivity contribution in [1.29, 1.82) is 0 Å². The van der Waals surface area contributed by atoms with Crippen molar-refractivity contribution in [3.8, 4) is 0 Å². The van der Waals surface area contributed by atoms with Crippen LogP contribution in [0.25, 0.3) is 0 Å². The fourth-order valence-corrected chi connectivity index (χ4v) is 3.10. The van der Waals surface area contributed by atoms with Gasteiger partial charge >= 0.3 is 0 Å². The quantitative estimate of drug-likeness (QED) is 0.808. The lowest BCUT2D eigenvalue weighted by atomic mass is 9.92. The Hall–Kier alpha value is -1.19. The van der Waals surface area contributed by atoms with Gasteiger partial charge in [0.05, 0.1) is 4.47 Å². The molecular weight excluding hydrogens is 329 g/mol. The Morgan fingerprint density at radius 3 is 2.43 bits per heavy atom. The van der Waals surface area contributed by atoms with Crippen molar-refractivity contribution in [2.75, 3.05) is 13.6 Å². The van der Waals surface area contributed by atoms with Crippen LogP contribution in [-0.4, -0.2) is 13.6 Å². The van der Waals surface area contributed by atoms with Gasteiger partial charge in [-0.05, 0) is 78.5 Å². The van der Waals surface area contributed by atoms with Crippen molar-refractivity contribution in [3.63, 3.8) is 0 Å². The van der Waals surface area contributed by atoms with E-state index in [4.69, 9.17) is 0 Å². The average molecular weight is 350 g/mol. The minimum atomic E-state index is -0.206. The van der Waals surface area contributed by atoms with Crippen LogP contribution in [0.5, 0.6) is 0 Å². The summed E-state index contributed by atoms with van der Waals surface area (Å²) in [5, 5.41) is 3.26. The van der Waals surface area contributed by atoms with E-state index in [1.54, 1.807) is 0 Å². The maximum Gasteiger partial charge on any atom is 0.137 e. The lowest BCUT2D eigenvalue weighted by molar-refractivity contribution is 0.492. The number of nitrogens with one attached hydrogen (secondary N) is 1. The van der Waals surface area contributed by atoms with Gasteiger partial charge < -0.3 is 5.32 Å². The highest BCUT2D eigenvalue weighted by molar-refractivity contribution is 9.10. The molecule has 0 aliphatic carbocycles. The van der Waals surface area contributed by atoms with Crippen molar-refractivity contribution in [2.24, 2.45) is 5.92 Å². The summed E-state index contributed by atoms with van der Waals surface area (Å²) in [4.78, 5) is 0. The molecule has 2 aromatic rings. The number of hydrogen-bond donors (Lipinski definition) is 1.